The quantitative estimate of drug-likeness (QED) is 0.768. The average molecular weight is 320 g/mol. The van der Waals surface area contributed by atoms with Crippen LogP contribution in [-0.2, 0) is 11.2 Å². The molecule has 1 aromatic heterocycles. The molecule has 5 nitrogen and oxygen atoms in total. The first-order valence-corrected chi connectivity index (χ1v) is 8.25. The summed E-state index contributed by atoms with van der Waals surface area (Å²) in [6.07, 6.45) is 3.02. The molecule has 1 aliphatic rings. The third kappa shape index (κ3) is 4.30. The van der Waals surface area contributed by atoms with Gasteiger partial charge in [-0.05, 0) is 37.0 Å². The third-order valence-electron chi connectivity index (χ3n) is 3.43. The van der Waals surface area contributed by atoms with Crippen LogP contribution >= 0.6 is 11.8 Å². The molecule has 1 heterocycles. The molecule has 2 aromatic rings. The Balaban J connectivity index is 1.35. The molecule has 0 spiro atoms. The van der Waals surface area contributed by atoms with Gasteiger partial charge in [-0.25, -0.2) is 9.37 Å². The second-order valence-electron chi connectivity index (χ2n) is 5.29. The van der Waals surface area contributed by atoms with Crippen LogP contribution < -0.4 is 5.32 Å². The number of rotatable bonds is 7. The standard InChI is InChI=1S/C15H17FN4OS/c16-12-5-1-10(2-6-12)7-8-17-13(21)9-22-15-18-14(19-20-15)11-3-4-11/h1-2,5-6,11H,3-4,7-9H2,(H,17,21)(H,18,19,20). The molecule has 7 heteroatoms. The van der Waals surface area contributed by atoms with Gasteiger partial charge < -0.3 is 5.32 Å². The zero-order valence-corrected chi connectivity index (χ0v) is 12.8. The van der Waals surface area contributed by atoms with Crippen molar-refractivity contribution >= 4 is 17.7 Å². The first kappa shape index (κ1) is 15.0. The number of aromatic amines is 1. The van der Waals surface area contributed by atoms with Crippen molar-refractivity contribution in [3.63, 3.8) is 0 Å². The Kier molecular flexibility index (Phi) is 4.72. The molecule has 0 atom stereocenters. The summed E-state index contributed by atoms with van der Waals surface area (Å²) < 4.78 is 12.8. The van der Waals surface area contributed by atoms with E-state index in [9.17, 15) is 9.18 Å². The van der Waals surface area contributed by atoms with E-state index in [-0.39, 0.29) is 11.7 Å². The molecule has 1 aliphatic carbocycles. The van der Waals surface area contributed by atoms with Crippen molar-refractivity contribution in [3.05, 3.63) is 41.5 Å². The molecule has 0 unspecified atom stereocenters. The lowest BCUT2D eigenvalue weighted by Crippen LogP contribution is -2.27. The lowest BCUT2D eigenvalue weighted by Gasteiger charge is -2.04. The Hall–Kier alpha value is -1.89. The summed E-state index contributed by atoms with van der Waals surface area (Å²) in [7, 11) is 0. The van der Waals surface area contributed by atoms with Gasteiger partial charge in [-0.3, -0.25) is 9.89 Å². The average Bonchev–Trinajstić information content (AvgIpc) is 3.26. The number of benzene rings is 1. The van der Waals surface area contributed by atoms with Crippen molar-refractivity contribution in [3.8, 4) is 0 Å². The number of nitrogens with zero attached hydrogens (tertiary/aromatic N) is 2. The summed E-state index contributed by atoms with van der Waals surface area (Å²) in [5, 5.41) is 10.5. The highest BCUT2D eigenvalue weighted by Gasteiger charge is 2.27. The van der Waals surface area contributed by atoms with Crippen LogP contribution in [0.1, 0.15) is 30.1 Å². The van der Waals surface area contributed by atoms with Gasteiger partial charge in [0.15, 0.2) is 0 Å². The predicted molar refractivity (Wildman–Crippen MR) is 82.2 cm³/mol. The Morgan fingerprint density at radius 2 is 2.14 bits per heavy atom. The topological polar surface area (TPSA) is 70.7 Å². The van der Waals surface area contributed by atoms with Crippen LogP contribution in [0, 0.1) is 5.82 Å². The van der Waals surface area contributed by atoms with Crippen molar-refractivity contribution in [2.24, 2.45) is 0 Å². The fourth-order valence-electron chi connectivity index (χ4n) is 2.04. The molecule has 0 radical (unpaired) electrons. The first-order chi connectivity index (χ1) is 10.7. The summed E-state index contributed by atoms with van der Waals surface area (Å²) in [6, 6.07) is 6.30. The van der Waals surface area contributed by atoms with Gasteiger partial charge in [0, 0.05) is 12.5 Å². The minimum atomic E-state index is -0.249. The molecule has 116 valence electrons. The van der Waals surface area contributed by atoms with Crippen LogP contribution in [0.25, 0.3) is 0 Å². The zero-order valence-electron chi connectivity index (χ0n) is 12.0. The number of H-pyrrole nitrogens is 1. The number of carbonyl (C=O) groups is 1. The highest BCUT2D eigenvalue weighted by molar-refractivity contribution is 7.99. The van der Waals surface area contributed by atoms with Crippen molar-refractivity contribution in [2.45, 2.75) is 30.3 Å². The van der Waals surface area contributed by atoms with E-state index in [0.29, 0.717) is 29.8 Å². The lowest BCUT2D eigenvalue weighted by molar-refractivity contribution is -0.118. The van der Waals surface area contributed by atoms with Gasteiger partial charge in [0.05, 0.1) is 5.75 Å². The minimum absolute atomic E-state index is 0.0510. The van der Waals surface area contributed by atoms with E-state index >= 15 is 0 Å². The number of nitrogens with one attached hydrogen (secondary N) is 2. The van der Waals surface area contributed by atoms with Crippen LogP contribution in [0.4, 0.5) is 4.39 Å². The van der Waals surface area contributed by atoms with Gasteiger partial charge in [0.25, 0.3) is 0 Å². The molecule has 0 bridgehead atoms. The van der Waals surface area contributed by atoms with Crippen LogP contribution in [-0.4, -0.2) is 33.4 Å². The molecular formula is C15H17FN4OS. The lowest BCUT2D eigenvalue weighted by atomic mass is 10.1. The van der Waals surface area contributed by atoms with Gasteiger partial charge in [-0.15, -0.1) is 5.10 Å². The van der Waals surface area contributed by atoms with E-state index < -0.39 is 0 Å². The Labute approximate surface area is 132 Å². The summed E-state index contributed by atoms with van der Waals surface area (Å²) in [5.41, 5.74) is 0.998. The number of aromatic nitrogens is 3. The van der Waals surface area contributed by atoms with Gasteiger partial charge >= 0.3 is 0 Å². The molecule has 2 N–H and O–H groups in total. The summed E-state index contributed by atoms with van der Waals surface area (Å²) in [6.45, 7) is 0.534. The second-order valence-corrected chi connectivity index (χ2v) is 6.24. The van der Waals surface area contributed by atoms with Gasteiger partial charge in [0.1, 0.15) is 11.6 Å². The predicted octanol–water partition coefficient (Wildman–Crippen LogP) is 2.27. The molecule has 3 rings (SSSR count). The molecule has 1 aromatic carbocycles. The maximum absolute atomic E-state index is 12.8. The number of hydrogen-bond donors (Lipinski definition) is 2. The largest absolute Gasteiger partial charge is 0.355 e. The smallest absolute Gasteiger partial charge is 0.230 e. The van der Waals surface area contributed by atoms with Crippen LogP contribution in [0.3, 0.4) is 0 Å². The van der Waals surface area contributed by atoms with Crippen molar-refractivity contribution in [1.82, 2.24) is 20.5 Å². The van der Waals surface area contributed by atoms with Gasteiger partial charge in [0.2, 0.25) is 11.1 Å². The van der Waals surface area contributed by atoms with Gasteiger partial charge in [-0.1, -0.05) is 23.9 Å². The number of halogens is 1. The summed E-state index contributed by atoms with van der Waals surface area (Å²) >= 11 is 1.33. The molecule has 22 heavy (non-hydrogen) atoms. The van der Waals surface area contributed by atoms with Crippen molar-refractivity contribution < 1.29 is 9.18 Å². The Morgan fingerprint density at radius 1 is 1.36 bits per heavy atom. The summed E-state index contributed by atoms with van der Waals surface area (Å²) in [5.74, 6) is 1.46. The van der Waals surface area contributed by atoms with E-state index in [0.717, 1.165) is 11.4 Å². The van der Waals surface area contributed by atoms with E-state index in [1.807, 2.05) is 0 Å². The first-order valence-electron chi connectivity index (χ1n) is 7.27. The fourth-order valence-corrected chi connectivity index (χ4v) is 2.68. The molecule has 0 aliphatic heterocycles. The number of carbonyl (C=O) groups excluding carboxylic acids is 1. The van der Waals surface area contributed by atoms with Crippen LogP contribution in [0.15, 0.2) is 29.4 Å². The van der Waals surface area contributed by atoms with Crippen molar-refractivity contribution in [1.29, 1.82) is 0 Å². The normalized spacial score (nSPS) is 14.0. The Morgan fingerprint density at radius 3 is 2.86 bits per heavy atom. The molecular weight excluding hydrogens is 303 g/mol. The monoisotopic (exact) mass is 320 g/mol. The number of hydrogen-bond acceptors (Lipinski definition) is 4. The highest BCUT2D eigenvalue weighted by atomic mass is 32.2. The minimum Gasteiger partial charge on any atom is -0.355 e. The van der Waals surface area contributed by atoms with E-state index in [4.69, 9.17) is 0 Å². The summed E-state index contributed by atoms with van der Waals surface area (Å²) in [4.78, 5) is 16.1. The SMILES string of the molecule is O=C(CSc1n[nH]c(C2CC2)n1)NCCc1ccc(F)cc1. The fraction of sp³-hybridized carbons (Fsp3) is 0.400. The van der Waals surface area contributed by atoms with Crippen molar-refractivity contribution in [2.75, 3.05) is 12.3 Å². The molecule has 1 amide bonds. The molecule has 1 fully saturated rings. The number of thioether (sulfide) groups is 1. The third-order valence-corrected chi connectivity index (χ3v) is 4.28. The van der Waals surface area contributed by atoms with Crippen LogP contribution in [0.2, 0.25) is 0 Å². The number of amides is 1. The van der Waals surface area contributed by atoms with E-state index in [2.05, 4.69) is 20.5 Å². The van der Waals surface area contributed by atoms with E-state index in [1.54, 1.807) is 12.1 Å². The van der Waals surface area contributed by atoms with E-state index in [1.165, 1.54) is 36.7 Å². The maximum Gasteiger partial charge on any atom is 0.230 e. The van der Waals surface area contributed by atoms with Gasteiger partial charge in [-0.2, -0.15) is 0 Å². The Bertz CT molecular complexity index is 639. The van der Waals surface area contributed by atoms with Crippen LogP contribution in [0.5, 0.6) is 0 Å². The second kappa shape index (κ2) is 6.91. The molecule has 1 saturated carbocycles. The molecule has 0 saturated heterocycles. The zero-order chi connectivity index (χ0) is 15.4. The maximum atomic E-state index is 12.8. The highest BCUT2D eigenvalue weighted by Crippen LogP contribution is 2.38.